The number of carbonyl (C=O) groups excluding carboxylic acids is 1. The van der Waals surface area contributed by atoms with Crippen molar-refractivity contribution in [2.45, 2.75) is 44.6 Å². The van der Waals surface area contributed by atoms with Crippen molar-refractivity contribution in [2.24, 2.45) is 0 Å². The Morgan fingerprint density at radius 2 is 1.81 bits per heavy atom. The Morgan fingerprint density at radius 1 is 1.15 bits per heavy atom. The highest BCUT2D eigenvalue weighted by atomic mass is 32.2. The molecule has 0 aromatic heterocycles. The van der Waals surface area contributed by atoms with Gasteiger partial charge in [0.1, 0.15) is 5.82 Å². The molecule has 2 aromatic rings. The first-order valence-electron chi connectivity index (χ1n) is 8.43. The van der Waals surface area contributed by atoms with E-state index in [1.807, 2.05) is 13.8 Å². The van der Waals surface area contributed by atoms with Gasteiger partial charge in [-0.15, -0.1) is 0 Å². The molecule has 0 bridgehead atoms. The lowest BCUT2D eigenvalue weighted by molar-refractivity contribution is 0.0937. The highest BCUT2D eigenvalue weighted by Crippen LogP contribution is 2.20. The average Bonchev–Trinajstić information content (AvgIpc) is 2.57. The Hall–Kier alpha value is -2.41. The molecule has 0 aliphatic heterocycles. The molecule has 1 amide bonds. The fourth-order valence-corrected chi connectivity index (χ4v) is 3.64. The van der Waals surface area contributed by atoms with Gasteiger partial charge in [0.15, 0.2) is 0 Å². The number of aryl methyl sites for hydroxylation is 1. The largest absolute Gasteiger partial charge is 0.350 e. The summed E-state index contributed by atoms with van der Waals surface area (Å²) >= 11 is 0. The lowest BCUT2D eigenvalue weighted by Gasteiger charge is -2.15. The third-order valence-corrected chi connectivity index (χ3v) is 5.34. The van der Waals surface area contributed by atoms with Gasteiger partial charge in [-0.2, -0.15) is 0 Å². The van der Waals surface area contributed by atoms with Crippen molar-refractivity contribution in [2.75, 3.05) is 4.72 Å². The molecule has 2 rings (SSSR count). The minimum atomic E-state index is -3.89. The van der Waals surface area contributed by atoms with E-state index >= 15 is 0 Å². The van der Waals surface area contributed by atoms with Crippen LogP contribution >= 0.6 is 0 Å². The van der Waals surface area contributed by atoms with Gasteiger partial charge in [-0.05, 0) is 62.2 Å². The van der Waals surface area contributed by atoms with Crippen LogP contribution in [0.2, 0.25) is 0 Å². The maximum Gasteiger partial charge on any atom is 0.261 e. The van der Waals surface area contributed by atoms with Gasteiger partial charge < -0.3 is 5.32 Å². The molecule has 1 unspecified atom stereocenters. The number of sulfonamides is 1. The van der Waals surface area contributed by atoms with Crippen LogP contribution in [0.25, 0.3) is 0 Å². The quantitative estimate of drug-likeness (QED) is 0.768. The molecular weight excluding hydrogens is 355 g/mol. The summed E-state index contributed by atoms with van der Waals surface area (Å²) in [5.74, 6) is -0.759. The van der Waals surface area contributed by atoms with Crippen molar-refractivity contribution < 1.29 is 17.6 Å². The standard InChI is InChI=1S/C19H23FN2O3S/c1-4-5-14(3)21-19(23)18-12-17(11-6-13(18)2)26(24,25)22-16-9-7-15(20)8-10-16/h6-12,14,22H,4-5H2,1-3H3,(H,21,23). The first kappa shape index (κ1) is 19.9. The molecule has 0 radical (unpaired) electrons. The van der Waals surface area contributed by atoms with E-state index in [2.05, 4.69) is 10.0 Å². The van der Waals surface area contributed by atoms with Crippen LogP contribution in [-0.2, 0) is 10.0 Å². The van der Waals surface area contributed by atoms with Crippen LogP contribution in [0.15, 0.2) is 47.4 Å². The lowest BCUT2D eigenvalue weighted by atomic mass is 10.1. The third-order valence-electron chi connectivity index (χ3n) is 3.96. The van der Waals surface area contributed by atoms with Crippen LogP contribution in [0.3, 0.4) is 0 Å². The summed E-state index contributed by atoms with van der Waals surface area (Å²) in [6, 6.07) is 9.40. The second-order valence-electron chi connectivity index (χ2n) is 6.25. The topological polar surface area (TPSA) is 75.3 Å². The van der Waals surface area contributed by atoms with Crippen molar-refractivity contribution in [3.8, 4) is 0 Å². The lowest BCUT2D eigenvalue weighted by Crippen LogP contribution is -2.33. The smallest absolute Gasteiger partial charge is 0.261 e. The Balaban J connectivity index is 2.26. The van der Waals surface area contributed by atoms with Crippen LogP contribution in [0.1, 0.15) is 42.6 Å². The van der Waals surface area contributed by atoms with E-state index < -0.39 is 15.8 Å². The van der Waals surface area contributed by atoms with E-state index in [1.54, 1.807) is 13.0 Å². The normalized spacial score (nSPS) is 12.5. The van der Waals surface area contributed by atoms with Crippen molar-refractivity contribution in [3.05, 3.63) is 59.4 Å². The first-order chi connectivity index (χ1) is 12.2. The predicted octanol–water partition coefficient (Wildman–Crippen LogP) is 3.85. The van der Waals surface area contributed by atoms with Crippen molar-refractivity contribution in [3.63, 3.8) is 0 Å². The summed E-state index contributed by atoms with van der Waals surface area (Å²) < 4.78 is 40.5. The third kappa shape index (κ3) is 5.05. The van der Waals surface area contributed by atoms with Crippen molar-refractivity contribution >= 4 is 21.6 Å². The van der Waals surface area contributed by atoms with Crippen LogP contribution in [-0.4, -0.2) is 20.4 Å². The van der Waals surface area contributed by atoms with E-state index in [4.69, 9.17) is 0 Å². The number of rotatable bonds is 7. The number of hydrogen-bond donors (Lipinski definition) is 2. The van der Waals surface area contributed by atoms with E-state index in [0.29, 0.717) is 11.1 Å². The van der Waals surface area contributed by atoms with Crippen LogP contribution < -0.4 is 10.0 Å². The van der Waals surface area contributed by atoms with E-state index in [1.165, 1.54) is 36.4 Å². The van der Waals surface area contributed by atoms with Crippen molar-refractivity contribution in [1.29, 1.82) is 0 Å². The number of anilines is 1. The molecule has 0 fully saturated rings. The molecule has 7 heteroatoms. The molecule has 0 heterocycles. The molecule has 2 N–H and O–H groups in total. The maximum atomic E-state index is 13.0. The molecule has 26 heavy (non-hydrogen) atoms. The predicted molar refractivity (Wildman–Crippen MR) is 100 cm³/mol. The summed E-state index contributed by atoms with van der Waals surface area (Å²) in [6.07, 6.45) is 1.78. The summed E-state index contributed by atoms with van der Waals surface area (Å²) in [5, 5.41) is 2.88. The second-order valence-corrected chi connectivity index (χ2v) is 7.93. The Morgan fingerprint density at radius 3 is 2.42 bits per heavy atom. The van der Waals surface area contributed by atoms with Gasteiger partial charge in [0.05, 0.1) is 4.90 Å². The molecular formula is C19H23FN2O3S. The number of benzene rings is 2. The highest BCUT2D eigenvalue weighted by molar-refractivity contribution is 7.92. The Bertz CT molecular complexity index is 880. The number of carbonyl (C=O) groups is 1. The van der Waals surface area contributed by atoms with Gasteiger partial charge in [0, 0.05) is 17.3 Å². The van der Waals surface area contributed by atoms with Crippen LogP contribution in [0.5, 0.6) is 0 Å². The molecule has 0 saturated carbocycles. The van der Waals surface area contributed by atoms with Gasteiger partial charge >= 0.3 is 0 Å². The molecule has 5 nitrogen and oxygen atoms in total. The molecule has 2 aromatic carbocycles. The van der Waals surface area contributed by atoms with Crippen LogP contribution in [0, 0.1) is 12.7 Å². The number of hydrogen-bond acceptors (Lipinski definition) is 3. The van der Waals surface area contributed by atoms with E-state index in [-0.39, 0.29) is 22.5 Å². The molecule has 0 aliphatic carbocycles. The summed E-state index contributed by atoms with van der Waals surface area (Å²) in [7, 11) is -3.89. The zero-order valence-electron chi connectivity index (χ0n) is 15.0. The number of nitrogens with one attached hydrogen (secondary N) is 2. The molecule has 1 atom stereocenters. The fraction of sp³-hybridized carbons (Fsp3) is 0.316. The zero-order chi connectivity index (χ0) is 19.3. The Kier molecular flexibility index (Phi) is 6.37. The fourth-order valence-electron chi connectivity index (χ4n) is 2.55. The summed E-state index contributed by atoms with van der Waals surface area (Å²) in [5.41, 5.74) is 1.25. The van der Waals surface area contributed by atoms with E-state index in [0.717, 1.165) is 12.8 Å². The first-order valence-corrected chi connectivity index (χ1v) is 9.91. The van der Waals surface area contributed by atoms with Gasteiger partial charge in [0.2, 0.25) is 0 Å². The molecule has 0 saturated heterocycles. The van der Waals surface area contributed by atoms with E-state index in [9.17, 15) is 17.6 Å². The summed E-state index contributed by atoms with van der Waals surface area (Å²) in [6.45, 7) is 5.69. The van der Waals surface area contributed by atoms with Gasteiger partial charge in [-0.3, -0.25) is 9.52 Å². The van der Waals surface area contributed by atoms with Gasteiger partial charge in [0.25, 0.3) is 15.9 Å². The SMILES string of the molecule is CCCC(C)NC(=O)c1cc(S(=O)(=O)Nc2ccc(F)cc2)ccc1C. The minimum Gasteiger partial charge on any atom is -0.350 e. The number of halogens is 1. The zero-order valence-corrected chi connectivity index (χ0v) is 15.9. The summed E-state index contributed by atoms with van der Waals surface area (Å²) in [4.78, 5) is 12.4. The monoisotopic (exact) mass is 378 g/mol. The second kappa shape index (κ2) is 8.31. The maximum absolute atomic E-state index is 13.0. The van der Waals surface area contributed by atoms with Gasteiger partial charge in [-0.25, -0.2) is 12.8 Å². The minimum absolute atomic E-state index is 0.00417. The van der Waals surface area contributed by atoms with Crippen molar-refractivity contribution in [1.82, 2.24) is 5.32 Å². The van der Waals surface area contributed by atoms with Gasteiger partial charge in [-0.1, -0.05) is 19.4 Å². The van der Waals surface area contributed by atoms with Crippen LogP contribution in [0.4, 0.5) is 10.1 Å². The average molecular weight is 378 g/mol. The molecule has 0 aliphatic rings. The molecule has 140 valence electrons. The molecule has 0 spiro atoms. The highest BCUT2D eigenvalue weighted by Gasteiger charge is 2.19. The number of amides is 1. The Labute approximate surface area is 153 Å².